The lowest BCUT2D eigenvalue weighted by Crippen LogP contribution is -2.08. The molecule has 102 valence electrons. The van der Waals surface area contributed by atoms with Crippen LogP contribution in [0.5, 0.6) is 0 Å². The Kier molecular flexibility index (Phi) is 4.60. The van der Waals surface area contributed by atoms with Crippen molar-refractivity contribution in [3.05, 3.63) is 65.5 Å². The number of nitrogens with zero attached hydrogens (tertiary/aromatic N) is 3. The molecule has 3 nitrogen and oxygen atoms in total. The van der Waals surface area contributed by atoms with Crippen LogP contribution in [0.1, 0.15) is 11.1 Å². The van der Waals surface area contributed by atoms with Gasteiger partial charge in [-0.15, -0.1) is 0 Å². The lowest BCUT2D eigenvalue weighted by atomic mass is 10.2. The Bertz CT molecular complexity index is 616. The van der Waals surface area contributed by atoms with Crippen LogP contribution in [0.4, 0.5) is 10.1 Å². The van der Waals surface area contributed by atoms with E-state index in [2.05, 4.69) is 10.2 Å². The number of hydrogen-bond acceptors (Lipinski definition) is 3. The van der Waals surface area contributed by atoms with Crippen molar-refractivity contribution in [2.45, 2.75) is 0 Å². The third kappa shape index (κ3) is 3.75. The second-order valence-corrected chi connectivity index (χ2v) is 4.50. The second kappa shape index (κ2) is 6.61. The Morgan fingerprint density at radius 3 is 2.20 bits per heavy atom. The van der Waals surface area contributed by atoms with E-state index in [4.69, 9.17) is 0 Å². The van der Waals surface area contributed by atoms with Gasteiger partial charge in [0, 0.05) is 25.3 Å². The number of halogens is 1. The molecule has 0 N–H and O–H groups in total. The van der Waals surface area contributed by atoms with Gasteiger partial charge in [0.2, 0.25) is 0 Å². The lowest BCUT2D eigenvalue weighted by molar-refractivity contribution is 0.626. The van der Waals surface area contributed by atoms with Crippen molar-refractivity contribution in [2.24, 2.45) is 10.2 Å². The lowest BCUT2D eigenvalue weighted by Gasteiger charge is -2.11. The van der Waals surface area contributed by atoms with Crippen LogP contribution in [-0.2, 0) is 0 Å². The van der Waals surface area contributed by atoms with Gasteiger partial charge in [-0.25, -0.2) is 4.39 Å². The molecule has 0 aromatic heterocycles. The first-order valence-corrected chi connectivity index (χ1v) is 6.25. The summed E-state index contributed by atoms with van der Waals surface area (Å²) in [6, 6.07) is 14.4. The van der Waals surface area contributed by atoms with Gasteiger partial charge in [-0.1, -0.05) is 30.3 Å². The maximum absolute atomic E-state index is 13.3. The fraction of sp³-hybridized carbons (Fsp3) is 0.125. The summed E-state index contributed by atoms with van der Waals surface area (Å²) < 4.78 is 13.3. The first kappa shape index (κ1) is 13.9. The second-order valence-electron chi connectivity index (χ2n) is 4.50. The van der Waals surface area contributed by atoms with Gasteiger partial charge < -0.3 is 4.90 Å². The van der Waals surface area contributed by atoms with Crippen molar-refractivity contribution in [3.63, 3.8) is 0 Å². The smallest absolute Gasteiger partial charge is 0.132 e. The minimum atomic E-state index is -0.304. The van der Waals surface area contributed by atoms with Gasteiger partial charge >= 0.3 is 0 Å². The summed E-state index contributed by atoms with van der Waals surface area (Å²) in [5, 5.41) is 7.77. The molecule has 0 aliphatic carbocycles. The minimum Gasteiger partial charge on any atom is -0.378 e. The van der Waals surface area contributed by atoms with Crippen LogP contribution in [0, 0.1) is 5.82 Å². The summed E-state index contributed by atoms with van der Waals surface area (Å²) in [4.78, 5) is 2.03. The van der Waals surface area contributed by atoms with Crippen LogP contribution in [0.25, 0.3) is 0 Å². The molecular weight excluding hydrogens is 253 g/mol. The van der Waals surface area contributed by atoms with Gasteiger partial charge in [0.25, 0.3) is 0 Å². The Morgan fingerprint density at radius 2 is 1.55 bits per heavy atom. The van der Waals surface area contributed by atoms with Crippen molar-refractivity contribution < 1.29 is 4.39 Å². The molecule has 2 aromatic rings. The molecule has 20 heavy (non-hydrogen) atoms. The van der Waals surface area contributed by atoms with Crippen LogP contribution in [0.3, 0.4) is 0 Å². The fourth-order valence-electron chi connectivity index (χ4n) is 1.63. The monoisotopic (exact) mass is 269 g/mol. The summed E-state index contributed by atoms with van der Waals surface area (Å²) in [7, 11) is 3.98. The normalized spacial score (nSPS) is 11.3. The zero-order valence-electron chi connectivity index (χ0n) is 11.5. The van der Waals surface area contributed by atoms with E-state index in [0.717, 1.165) is 11.3 Å². The van der Waals surface area contributed by atoms with Crippen molar-refractivity contribution in [1.82, 2.24) is 0 Å². The molecule has 0 spiro atoms. The highest BCUT2D eigenvalue weighted by Gasteiger charge is 1.95. The van der Waals surface area contributed by atoms with Crippen LogP contribution in [-0.4, -0.2) is 26.5 Å². The maximum Gasteiger partial charge on any atom is 0.132 e. The maximum atomic E-state index is 13.3. The summed E-state index contributed by atoms with van der Waals surface area (Å²) in [6.07, 6.45) is 3.04. The molecule has 0 unspecified atom stereocenters. The van der Waals surface area contributed by atoms with Crippen LogP contribution >= 0.6 is 0 Å². The fourth-order valence-corrected chi connectivity index (χ4v) is 1.63. The van der Waals surface area contributed by atoms with Gasteiger partial charge in [0.1, 0.15) is 5.82 Å². The van der Waals surface area contributed by atoms with E-state index in [1.54, 1.807) is 24.4 Å². The summed E-state index contributed by atoms with van der Waals surface area (Å²) in [5.41, 5.74) is 2.49. The Morgan fingerprint density at radius 1 is 0.900 bits per heavy atom. The molecule has 2 rings (SSSR count). The number of hydrogen-bond donors (Lipinski definition) is 0. The van der Waals surface area contributed by atoms with Crippen LogP contribution in [0.15, 0.2) is 58.7 Å². The van der Waals surface area contributed by atoms with Gasteiger partial charge in [-0.3, -0.25) is 0 Å². The molecule has 0 heterocycles. The molecule has 0 bridgehead atoms. The summed E-state index contributed by atoms with van der Waals surface area (Å²) >= 11 is 0. The molecule has 0 fully saturated rings. The topological polar surface area (TPSA) is 28.0 Å². The van der Waals surface area contributed by atoms with Crippen molar-refractivity contribution >= 4 is 18.1 Å². The summed E-state index contributed by atoms with van der Waals surface area (Å²) in [5.74, 6) is -0.304. The van der Waals surface area contributed by atoms with E-state index >= 15 is 0 Å². The Labute approximate surface area is 118 Å². The average Bonchev–Trinajstić information content (AvgIpc) is 2.46. The SMILES string of the molecule is CN(C)c1ccc(/C=N/N=C/c2ccccc2F)cc1. The van der Waals surface area contributed by atoms with E-state index in [1.807, 2.05) is 43.3 Å². The van der Waals surface area contributed by atoms with Crippen molar-refractivity contribution in [3.8, 4) is 0 Å². The Balaban J connectivity index is 2.01. The zero-order valence-corrected chi connectivity index (χ0v) is 11.5. The van der Waals surface area contributed by atoms with Crippen molar-refractivity contribution in [1.29, 1.82) is 0 Å². The average molecular weight is 269 g/mol. The van der Waals surface area contributed by atoms with E-state index in [-0.39, 0.29) is 5.82 Å². The minimum absolute atomic E-state index is 0.304. The predicted octanol–water partition coefficient (Wildman–Crippen LogP) is 3.34. The van der Waals surface area contributed by atoms with Gasteiger partial charge in [-0.05, 0) is 23.8 Å². The quantitative estimate of drug-likeness (QED) is 0.618. The van der Waals surface area contributed by atoms with Gasteiger partial charge in [-0.2, -0.15) is 10.2 Å². The van der Waals surface area contributed by atoms with Crippen LogP contribution < -0.4 is 4.90 Å². The summed E-state index contributed by atoms with van der Waals surface area (Å²) in [6.45, 7) is 0. The number of anilines is 1. The highest BCUT2D eigenvalue weighted by molar-refractivity contribution is 5.83. The molecule has 0 saturated heterocycles. The molecule has 0 radical (unpaired) electrons. The van der Waals surface area contributed by atoms with Crippen molar-refractivity contribution in [2.75, 3.05) is 19.0 Å². The highest BCUT2D eigenvalue weighted by atomic mass is 19.1. The van der Waals surface area contributed by atoms with E-state index in [0.29, 0.717) is 5.56 Å². The first-order valence-electron chi connectivity index (χ1n) is 6.25. The number of benzene rings is 2. The Hall–Kier alpha value is -2.49. The molecule has 0 aliphatic rings. The highest BCUT2D eigenvalue weighted by Crippen LogP contribution is 2.11. The molecule has 4 heteroatoms. The molecule has 2 aromatic carbocycles. The van der Waals surface area contributed by atoms with E-state index < -0.39 is 0 Å². The number of rotatable bonds is 4. The molecule has 0 aliphatic heterocycles. The van der Waals surface area contributed by atoms with E-state index in [9.17, 15) is 4.39 Å². The van der Waals surface area contributed by atoms with Crippen LogP contribution in [0.2, 0.25) is 0 Å². The standard InChI is InChI=1S/C16H16FN3/c1-20(2)15-9-7-13(8-10-15)11-18-19-12-14-5-3-4-6-16(14)17/h3-12H,1-2H3/b18-11+,19-12+. The predicted molar refractivity (Wildman–Crippen MR) is 82.4 cm³/mol. The third-order valence-corrected chi connectivity index (χ3v) is 2.79. The molecule has 0 atom stereocenters. The van der Waals surface area contributed by atoms with Gasteiger partial charge in [0.15, 0.2) is 0 Å². The zero-order chi connectivity index (χ0) is 14.4. The largest absolute Gasteiger partial charge is 0.378 e. The van der Waals surface area contributed by atoms with Gasteiger partial charge in [0.05, 0.1) is 12.4 Å². The molecule has 0 saturated carbocycles. The first-order chi connectivity index (χ1) is 9.66. The molecule has 0 amide bonds. The molecular formula is C16H16FN3. The third-order valence-electron chi connectivity index (χ3n) is 2.79. The van der Waals surface area contributed by atoms with E-state index in [1.165, 1.54) is 12.3 Å².